The molecule has 1 saturated heterocycles. The number of nitrogens with one attached hydrogen (secondary N) is 1. The molecule has 0 amide bonds. The summed E-state index contributed by atoms with van der Waals surface area (Å²) in [6.07, 6.45) is 4.87. The summed E-state index contributed by atoms with van der Waals surface area (Å²) in [7, 11) is 0. The highest BCUT2D eigenvalue weighted by atomic mass is 16.5. The molecule has 0 bridgehead atoms. The Morgan fingerprint density at radius 3 is 2.56 bits per heavy atom. The van der Waals surface area contributed by atoms with Crippen LogP contribution in [0.1, 0.15) is 19.8 Å². The van der Waals surface area contributed by atoms with Crippen LogP contribution in [0.4, 0.5) is 5.95 Å². The van der Waals surface area contributed by atoms with Gasteiger partial charge in [-0.1, -0.05) is 0 Å². The molecule has 18 heavy (non-hydrogen) atoms. The molecule has 2 rings (SSSR count). The van der Waals surface area contributed by atoms with Crippen LogP contribution < -0.4 is 10.6 Å². The van der Waals surface area contributed by atoms with Crippen LogP contribution in [-0.2, 0) is 4.74 Å². The minimum atomic E-state index is -0.597. The van der Waals surface area contributed by atoms with Crippen LogP contribution in [0.15, 0.2) is 18.5 Å². The Hall–Kier alpha value is -1.69. The van der Waals surface area contributed by atoms with Crippen molar-refractivity contribution in [2.24, 2.45) is 5.73 Å². The van der Waals surface area contributed by atoms with Crippen LogP contribution in [0.25, 0.3) is 0 Å². The number of rotatable bonds is 4. The second-order valence-corrected chi connectivity index (χ2v) is 4.38. The molecule has 0 aliphatic carbocycles. The van der Waals surface area contributed by atoms with Crippen LogP contribution in [-0.4, -0.2) is 41.1 Å². The van der Waals surface area contributed by atoms with Crippen LogP contribution >= 0.6 is 0 Å². The molecule has 1 aromatic heterocycles. The predicted molar refractivity (Wildman–Crippen MR) is 69.8 cm³/mol. The van der Waals surface area contributed by atoms with E-state index in [-0.39, 0.29) is 5.84 Å². The van der Waals surface area contributed by atoms with Crippen molar-refractivity contribution in [3.8, 4) is 0 Å². The third-order valence-electron chi connectivity index (χ3n) is 3.32. The number of anilines is 1. The lowest BCUT2D eigenvalue weighted by molar-refractivity contribution is -0.00362. The van der Waals surface area contributed by atoms with Crippen molar-refractivity contribution >= 4 is 11.8 Å². The summed E-state index contributed by atoms with van der Waals surface area (Å²) in [4.78, 5) is 10.6. The normalized spacial score (nSPS) is 18.6. The van der Waals surface area contributed by atoms with E-state index in [0.29, 0.717) is 19.4 Å². The van der Waals surface area contributed by atoms with E-state index in [4.69, 9.17) is 15.9 Å². The maximum atomic E-state index is 7.71. The predicted octanol–water partition coefficient (Wildman–Crippen LogP) is 0.788. The van der Waals surface area contributed by atoms with Crippen LogP contribution in [0.5, 0.6) is 0 Å². The lowest BCUT2D eigenvalue weighted by Crippen LogP contribution is -2.54. The highest BCUT2D eigenvalue weighted by Gasteiger charge is 2.38. The standard InChI is InChI=1S/C12H19N5O/c1-2-18-12(10(13)14)4-8-17(9-5-12)11-15-6-3-7-16-11/h3,6-7H,2,4-5,8-9H2,1H3,(H3,13,14). The first kappa shape index (κ1) is 12.8. The first-order valence-electron chi connectivity index (χ1n) is 6.18. The third-order valence-corrected chi connectivity index (χ3v) is 3.32. The smallest absolute Gasteiger partial charge is 0.225 e. The maximum absolute atomic E-state index is 7.71. The van der Waals surface area contributed by atoms with E-state index < -0.39 is 5.60 Å². The lowest BCUT2D eigenvalue weighted by atomic mass is 9.90. The number of piperidine rings is 1. The van der Waals surface area contributed by atoms with Crippen molar-refractivity contribution in [2.45, 2.75) is 25.4 Å². The van der Waals surface area contributed by atoms with Gasteiger partial charge in [-0.05, 0) is 13.0 Å². The summed E-state index contributed by atoms with van der Waals surface area (Å²) in [5.74, 6) is 0.851. The van der Waals surface area contributed by atoms with Gasteiger partial charge < -0.3 is 15.4 Å². The summed E-state index contributed by atoms with van der Waals surface area (Å²) in [5, 5.41) is 7.71. The van der Waals surface area contributed by atoms with Crippen molar-refractivity contribution in [1.29, 1.82) is 5.41 Å². The zero-order valence-corrected chi connectivity index (χ0v) is 10.6. The topological polar surface area (TPSA) is 88.1 Å². The average molecular weight is 249 g/mol. The first-order chi connectivity index (χ1) is 8.68. The van der Waals surface area contributed by atoms with Gasteiger partial charge in [-0.15, -0.1) is 0 Å². The van der Waals surface area contributed by atoms with E-state index in [1.54, 1.807) is 18.5 Å². The molecule has 2 heterocycles. The molecular formula is C12H19N5O. The Bertz CT molecular complexity index is 400. The van der Waals surface area contributed by atoms with E-state index in [9.17, 15) is 0 Å². The SMILES string of the molecule is CCOC1(C(=N)N)CCN(c2ncccn2)CC1. The molecule has 6 heteroatoms. The Morgan fingerprint density at radius 2 is 2.06 bits per heavy atom. The molecule has 0 saturated carbocycles. The molecule has 0 aromatic carbocycles. The van der Waals surface area contributed by atoms with Crippen LogP contribution in [0.2, 0.25) is 0 Å². The summed E-state index contributed by atoms with van der Waals surface area (Å²) >= 11 is 0. The molecule has 1 aromatic rings. The molecule has 0 unspecified atom stereocenters. The second kappa shape index (κ2) is 5.30. The lowest BCUT2D eigenvalue weighted by Gasteiger charge is -2.40. The molecule has 1 fully saturated rings. The molecule has 6 nitrogen and oxygen atoms in total. The van der Waals surface area contributed by atoms with Crippen molar-refractivity contribution in [3.05, 3.63) is 18.5 Å². The minimum Gasteiger partial charge on any atom is -0.385 e. The molecule has 1 aliphatic rings. The third kappa shape index (κ3) is 2.43. The fourth-order valence-electron chi connectivity index (χ4n) is 2.29. The fourth-order valence-corrected chi connectivity index (χ4v) is 2.29. The fraction of sp³-hybridized carbons (Fsp3) is 0.583. The van der Waals surface area contributed by atoms with Gasteiger partial charge in [0.05, 0.1) is 0 Å². The van der Waals surface area contributed by atoms with Gasteiger partial charge in [0.1, 0.15) is 11.4 Å². The summed E-state index contributed by atoms with van der Waals surface area (Å²) in [6, 6.07) is 1.80. The first-order valence-corrected chi connectivity index (χ1v) is 6.18. The van der Waals surface area contributed by atoms with Gasteiger partial charge in [0.2, 0.25) is 5.95 Å². The second-order valence-electron chi connectivity index (χ2n) is 4.38. The number of nitrogens with zero attached hydrogens (tertiary/aromatic N) is 3. The Balaban J connectivity index is 2.05. The molecule has 0 spiro atoms. The van der Waals surface area contributed by atoms with Crippen LogP contribution in [0, 0.1) is 5.41 Å². The van der Waals surface area contributed by atoms with Crippen molar-refractivity contribution in [3.63, 3.8) is 0 Å². The van der Waals surface area contributed by atoms with Crippen molar-refractivity contribution < 1.29 is 4.74 Å². The van der Waals surface area contributed by atoms with E-state index in [1.807, 2.05) is 6.92 Å². The molecule has 3 N–H and O–H groups in total. The molecule has 0 radical (unpaired) electrons. The number of nitrogens with two attached hydrogens (primary N) is 1. The van der Waals surface area contributed by atoms with Gasteiger partial charge >= 0.3 is 0 Å². The van der Waals surface area contributed by atoms with E-state index in [2.05, 4.69) is 14.9 Å². The average Bonchev–Trinajstić information content (AvgIpc) is 2.41. The van der Waals surface area contributed by atoms with E-state index in [1.165, 1.54) is 0 Å². The van der Waals surface area contributed by atoms with Crippen molar-refractivity contribution in [2.75, 3.05) is 24.6 Å². The van der Waals surface area contributed by atoms with Gasteiger partial charge in [0.25, 0.3) is 0 Å². The quantitative estimate of drug-likeness (QED) is 0.608. The Labute approximate surface area is 107 Å². The van der Waals surface area contributed by atoms with E-state index in [0.717, 1.165) is 19.0 Å². The van der Waals surface area contributed by atoms with E-state index >= 15 is 0 Å². The zero-order valence-electron chi connectivity index (χ0n) is 10.6. The number of aromatic nitrogens is 2. The minimum absolute atomic E-state index is 0.123. The monoisotopic (exact) mass is 249 g/mol. The van der Waals surface area contributed by atoms with Gasteiger partial charge in [0.15, 0.2) is 0 Å². The largest absolute Gasteiger partial charge is 0.385 e. The molecular weight excluding hydrogens is 230 g/mol. The Morgan fingerprint density at radius 1 is 1.44 bits per heavy atom. The number of amidine groups is 1. The van der Waals surface area contributed by atoms with Gasteiger partial charge in [-0.3, -0.25) is 5.41 Å². The van der Waals surface area contributed by atoms with Gasteiger partial charge in [-0.2, -0.15) is 0 Å². The van der Waals surface area contributed by atoms with Crippen molar-refractivity contribution in [1.82, 2.24) is 9.97 Å². The van der Waals surface area contributed by atoms with Crippen LogP contribution in [0.3, 0.4) is 0 Å². The molecule has 98 valence electrons. The maximum Gasteiger partial charge on any atom is 0.225 e. The summed E-state index contributed by atoms with van der Waals surface area (Å²) in [6.45, 7) is 4.01. The number of ether oxygens (including phenoxy) is 1. The Kier molecular flexibility index (Phi) is 3.76. The summed E-state index contributed by atoms with van der Waals surface area (Å²) < 4.78 is 5.70. The highest BCUT2D eigenvalue weighted by molar-refractivity contribution is 5.86. The molecule has 0 atom stereocenters. The van der Waals surface area contributed by atoms with Gasteiger partial charge in [0, 0.05) is 44.9 Å². The highest BCUT2D eigenvalue weighted by Crippen LogP contribution is 2.27. The summed E-state index contributed by atoms with van der Waals surface area (Å²) in [5.41, 5.74) is 5.08. The number of hydrogen-bond acceptors (Lipinski definition) is 5. The zero-order chi connectivity index (χ0) is 13.0. The molecule has 1 aliphatic heterocycles. The number of hydrogen-bond donors (Lipinski definition) is 2. The van der Waals surface area contributed by atoms with Gasteiger partial charge in [-0.25, -0.2) is 9.97 Å².